The lowest BCUT2D eigenvalue weighted by Gasteiger charge is -2.35. The molecular weight excluding hydrogens is 292 g/mol. The fourth-order valence-corrected chi connectivity index (χ4v) is 3.84. The molecule has 3 heterocycles. The summed E-state index contributed by atoms with van der Waals surface area (Å²) in [7, 11) is 0. The zero-order valence-corrected chi connectivity index (χ0v) is 12.7. The zero-order chi connectivity index (χ0) is 14.1. The Kier molecular flexibility index (Phi) is 3.76. The van der Waals surface area contributed by atoms with E-state index in [9.17, 15) is 4.79 Å². The van der Waals surface area contributed by atoms with E-state index in [1.54, 1.807) is 29.7 Å². The van der Waals surface area contributed by atoms with E-state index in [1.807, 2.05) is 4.90 Å². The first-order valence-electron chi connectivity index (χ1n) is 6.69. The van der Waals surface area contributed by atoms with Crippen LogP contribution in [-0.4, -0.2) is 22.3 Å². The van der Waals surface area contributed by atoms with Crippen molar-refractivity contribution in [2.75, 3.05) is 6.54 Å². The van der Waals surface area contributed by atoms with Crippen LogP contribution in [0.25, 0.3) is 0 Å². The van der Waals surface area contributed by atoms with Gasteiger partial charge in [0.2, 0.25) is 0 Å². The fraction of sp³-hybridized carbons (Fsp3) is 0.333. The van der Waals surface area contributed by atoms with E-state index in [4.69, 9.17) is 11.6 Å². The van der Waals surface area contributed by atoms with Gasteiger partial charge in [-0.25, -0.2) is 0 Å². The highest BCUT2D eigenvalue weighted by Gasteiger charge is 2.31. The van der Waals surface area contributed by atoms with Gasteiger partial charge < -0.3 is 4.90 Å². The van der Waals surface area contributed by atoms with Crippen LogP contribution in [-0.2, 0) is 6.42 Å². The Hall–Kier alpha value is -1.39. The van der Waals surface area contributed by atoms with Crippen molar-refractivity contribution in [1.82, 2.24) is 9.88 Å². The number of hydrogen-bond acceptors (Lipinski definition) is 3. The van der Waals surface area contributed by atoms with Gasteiger partial charge in [-0.3, -0.25) is 9.78 Å². The SMILES string of the molecule is CCC1c2ccsc2CCN1C(=O)c1cc(Cl)ccn1. The van der Waals surface area contributed by atoms with Crippen LogP contribution in [0.3, 0.4) is 0 Å². The zero-order valence-electron chi connectivity index (χ0n) is 11.2. The number of nitrogens with zero attached hydrogens (tertiary/aromatic N) is 2. The second kappa shape index (κ2) is 5.54. The summed E-state index contributed by atoms with van der Waals surface area (Å²) in [6.07, 6.45) is 3.42. The monoisotopic (exact) mass is 306 g/mol. The largest absolute Gasteiger partial charge is 0.330 e. The highest BCUT2D eigenvalue weighted by molar-refractivity contribution is 7.10. The van der Waals surface area contributed by atoms with Gasteiger partial charge in [-0.2, -0.15) is 0 Å². The number of carbonyl (C=O) groups is 1. The summed E-state index contributed by atoms with van der Waals surface area (Å²) in [5.41, 5.74) is 1.72. The second-order valence-corrected chi connectivity index (χ2v) is 6.27. The molecule has 0 aromatic carbocycles. The lowest BCUT2D eigenvalue weighted by molar-refractivity contribution is 0.0651. The molecule has 0 N–H and O–H groups in total. The summed E-state index contributed by atoms with van der Waals surface area (Å²) in [4.78, 5) is 20.1. The molecule has 1 aliphatic rings. The molecule has 104 valence electrons. The highest BCUT2D eigenvalue weighted by atomic mass is 35.5. The topological polar surface area (TPSA) is 33.2 Å². The van der Waals surface area contributed by atoms with Crippen molar-refractivity contribution in [2.45, 2.75) is 25.8 Å². The lowest BCUT2D eigenvalue weighted by Crippen LogP contribution is -2.39. The smallest absolute Gasteiger partial charge is 0.273 e. The average Bonchev–Trinajstić information content (AvgIpc) is 2.93. The first kappa shape index (κ1) is 13.6. The number of pyridine rings is 1. The summed E-state index contributed by atoms with van der Waals surface area (Å²) < 4.78 is 0. The van der Waals surface area contributed by atoms with Gasteiger partial charge in [0, 0.05) is 22.6 Å². The van der Waals surface area contributed by atoms with Crippen molar-refractivity contribution >= 4 is 28.8 Å². The van der Waals surface area contributed by atoms with Crippen molar-refractivity contribution in [3.63, 3.8) is 0 Å². The van der Waals surface area contributed by atoms with Crippen LogP contribution in [0.15, 0.2) is 29.8 Å². The molecular formula is C15H15ClN2OS. The van der Waals surface area contributed by atoms with Crippen molar-refractivity contribution in [2.24, 2.45) is 0 Å². The number of aromatic nitrogens is 1. The quantitative estimate of drug-likeness (QED) is 0.842. The Morgan fingerprint density at radius 2 is 2.40 bits per heavy atom. The van der Waals surface area contributed by atoms with E-state index in [0.717, 1.165) is 19.4 Å². The van der Waals surface area contributed by atoms with Gasteiger partial charge in [0.15, 0.2) is 0 Å². The van der Waals surface area contributed by atoms with E-state index in [0.29, 0.717) is 10.7 Å². The molecule has 0 bridgehead atoms. The number of fused-ring (bicyclic) bond motifs is 1. The molecule has 0 radical (unpaired) electrons. The first-order valence-corrected chi connectivity index (χ1v) is 7.95. The highest BCUT2D eigenvalue weighted by Crippen LogP contribution is 2.35. The van der Waals surface area contributed by atoms with E-state index in [2.05, 4.69) is 23.4 Å². The summed E-state index contributed by atoms with van der Waals surface area (Å²) in [5, 5.41) is 2.66. The molecule has 0 saturated carbocycles. The van der Waals surface area contributed by atoms with Crippen LogP contribution in [0.1, 0.15) is 40.3 Å². The minimum atomic E-state index is -0.0313. The van der Waals surface area contributed by atoms with Crippen LogP contribution in [0.4, 0.5) is 0 Å². The van der Waals surface area contributed by atoms with Crippen LogP contribution in [0.5, 0.6) is 0 Å². The third-order valence-corrected chi connectivity index (χ3v) is 4.92. The van der Waals surface area contributed by atoms with E-state index in [1.165, 1.54) is 10.4 Å². The van der Waals surface area contributed by atoms with Gasteiger partial charge in [-0.05, 0) is 42.0 Å². The van der Waals surface area contributed by atoms with Crippen molar-refractivity contribution in [1.29, 1.82) is 0 Å². The maximum absolute atomic E-state index is 12.7. The van der Waals surface area contributed by atoms with Gasteiger partial charge in [0.1, 0.15) is 5.69 Å². The molecule has 0 aliphatic carbocycles. The van der Waals surface area contributed by atoms with Gasteiger partial charge in [-0.15, -0.1) is 11.3 Å². The molecule has 0 saturated heterocycles. The predicted octanol–water partition coefficient (Wildman–Crippen LogP) is 3.95. The fourth-order valence-electron chi connectivity index (χ4n) is 2.75. The number of halogens is 1. The Morgan fingerprint density at radius 1 is 1.55 bits per heavy atom. The summed E-state index contributed by atoms with van der Waals surface area (Å²) in [5.74, 6) is -0.0313. The van der Waals surface area contributed by atoms with Gasteiger partial charge >= 0.3 is 0 Å². The second-order valence-electron chi connectivity index (χ2n) is 4.83. The normalized spacial score (nSPS) is 17.9. The van der Waals surface area contributed by atoms with Crippen LogP contribution in [0, 0.1) is 0 Å². The molecule has 3 nitrogen and oxygen atoms in total. The Balaban J connectivity index is 1.92. The molecule has 1 unspecified atom stereocenters. The molecule has 0 fully saturated rings. The van der Waals surface area contributed by atoms with Crippen LogP contribution in [0.2, 0.25) is 5.02 Å². The van der Waals surface area contributed by atoms with Crippen molar-refractivity contribution in [3.8, 4) is 0 Å². The van der Waals surface area contributed by atoms with E-state index < -0.39 is 0 Å². The molecule has 5 heteroatoms. The molecule has 1 atom stereocenters. The number of rotatable bonds is 2. The maximum Gasteiger partial charge on any atom is 0.273 e. The van der Waals surface area contributed by atoms with Gasteiger partial charge in [-0.1, -0.05) is 18.5 Å². The van der Waals surface area contributed by atoms with Crippen molar-refractivity contribution in [3.05, 3.63) is 50.9 Å². The molecule has 0 spiro atoms. The molecule has 3 rings (SSSR count). The Labute approximate surface area is 127 Å². The molecule has 2 aromatic heterocycles. The molecule has 2 aromatic rings. The maximum atomic E-state index is 12.7. The standard InChI is InChI=1S/C15H15ClN2OS/c1-2-13-11-5-8-20-14(11)4-7-18(13)15(19)12-9-10(16)3-6-17-12/h3,5-6,8-9,13H,2,4,7H2,1H3. The number of amides is 1. The summed E-state index contributed by atoms with van der Waals surface area (Å²) >= 11 is 7.73. The minimum Gasteiger partial charge on any atom is -0.330 e. The third-order valence-electron chi connectivity index (χ3n) is 3.68. The minimum absolute atomic E-state index is 0.0313. The van der Waals surface area contributed by atoms with E-state index >= 15 is 0 Å². The van der Waals surface area contributed by atoms with E-state index in [-0.39, 0.29) is 11.9 Å². The van der Waals surface area contributed by atoms with Crippen LogP contribution >= 0.6 is 22.9 Å². The Morgan fingerprint density at radius 3 is 3.15 bits per heavy atom. The molecule has 20 heavy (non-hydrogen) atoms. The van der Waals surface area contributed by atoms with Crippen molar-refractivity contribution < 1.29 is 4.79 Å². The summed E-state index contributed by atoms with van der Waals surface area (Å²) in [6.45, 7) is 2.86. The predicted molar refractivity (Wildman–Crippen MR) is 81.3 cm³/mol. The molecule has 1 aliphatic heterocycles. The average molecular weight is 307 g/mol. The van der Waals surface area contributed by atoms with Gasteiger partial charge in [0.05, 0.1) is 6.04 Å². The number of carbonyl (C=O) groups excluding carboxylic acids is 1. The third kappa shape index (κ3) is 2.34. The number of hydrogen-bond donors (Lipinski definition) is 0. The van der Waals surface area contributed by atoms with Gasteiger partial charge in [0.25, 0.3) is 5.91 Å². The first-order chi connectivity index (χ1) is 9.70. The van der Waals surface area contributed by atoms with Crippen LogP contribution < -0.4 is 0 Å². The summed E-state index contributed by atoms with van der Waals surface area (Å²) in [6, 6.07) is 5.61. The number of thiophene rings is 1. The molecule has 1 amide bonds. The Bertz CT molecular complexity index is 640. The lowest BCUT2D eigenvalue weighted by atomic mass is 9.97.